The molecule has 0 spiro atoms. The number of hydrogen-bond acceptors (Lipinski definition) is 2. The van der Waals surface area contributed by atoms with Crippen LogP contribution in [0.25, 0.3) is 0 Å². The van der Waals surface area contributed by atoms with Crippen LogP contribution in [0, 0.1) is 0 Å². The molecule has 0 radical (unpaired) electrons. The zero-order chi connectivity index (χ0) is 13.2. The summed E-state index contributed by atoms with van der Waals surface area (Å²) in [4.78, 5) is 0. The highest BCUT2D eigenvalue weighted by atomic mass is 16.3. The lowest BCUT2D eigenvalue weighted by Crippen LogP contribution is -2.39. The topological polar surface area (TPSA) is 32.3 Å². The Kier molecular flexibility index (Phi) is 3.67. The molecule has 100 valence electrons. The molecule has 0 atom stereocenters. The van der Waals surface area contributed by atoms with E-state index in [2.05, 4.69) is 50.4 Å². The van der Waals surface area contributed by atoms with E-state index in [-0.39, 0.29) is 5.41 Å². The summed E-state index contributed by atoms with van der Waals surface area (Å²) in [5.74, 6) is 0. The van der Waals surface area contributed by atoms with Crippen molar-refractivity contribution in [1.82, 2.24) is 0 Å². The second kappa shape index (κ2) is 4.93. The van der Waals surface area contributed by atoms with E-state index in [0.29, 0.717) is 0 Å². The number of anilines is 1. The Balaban J connectivity index is 2.06. The van der Waals surface area contributed by atoms with Gasteiger partial charge in [-0.3, -0.25) is 0 Å². The zero-order valence-electron chi connectivity index (χ0n) is 11.8. The molecule has 1 fully saturated rings. The van der Waals surface area contributed by atoms with Crippen molar-refractivity contribution in [2.24, 2.45) is 0 Å². The Morgan fingerprint density at radius 3 is 2.06 bits per heavy atom. The molecule has 2 N–H and O–H groups in total. The van der Waals surface area contributed by atoms with Crippen molar-refractivity contribution in [3.8, 4) is 0 Å². The summed E-state index contributed by atoms with van der Waals surface area (Å²) in [6.45, 7) is 6.64. The van der Waals surface area contributed by atoms with Gasteiger partial charge < -0.3 is 10.4 Å². The molecule has 2 rings (SSSR count). The second-order valence-corrected chi connectivity index (χ2v) is 6.54. The summed E-state index contributed by atoms with van der Waals surface area (Å²) in [6, 6.07) is 8.45. The van der Waals surface area contributed by atoms with Gasteiger partial charge >= 0.3 is 0 Å². The fourth-order valence-corrected chi connectivity index (χ4v) is 2.58. The highest BCUT2D eigenvalue weighted by molar-refractivity contribution is 5.47. The maximum absolute atomic E-state index is 10.4. The van der Waals surface area contributed by atoms with Crippen LogP contribution in [0.5, 0.6) is 0 Å². The molecule has 0 aromatic heterocycles. The van der Waals surface area contributed by atoms with E-state index in [1.165, 1.54) is 12.0 Å². The van der Waals surface area contributed by atoms with Crippen molar-refractivity contribution in [3.05, 3.63) is 29.8 Å². The fourth-order valence-electron chi connectivity index (χ4n) is 2.58. The Labute approximate surface area is 110 Å². The molecule has 1 aromatic rings. The maximum atomic E-state index is 10.4. The molecular formula is C16H25NO. The Hall–Kier alpha value is -1.02. The van der Waals surface area contributed by atoms with Gasteiger partial charge in [-0.2, -0.15) is 0 Å². The van der Waals surface area contributed by atoms with Crippen molar-refractivity contribution in [2.45, 2.75) is 64.0 Å². The first-order chi connectivity index (χ1) is 8.39. The quantitative estimate of drug-likeness (QED) is 0.773. The maximum Gasteiger partial charge on any atom is 0.135 e. The zero-order valence-corrected chi connectivity index (χ0v) is 11.8. The van der Waals surface area contributed by atoms with E-state index in [4.69, 9.17) is 0 Å². The van der Waals surface area contributed by atoms with Gasteiger partial charge in [-0.15, -0.1) is 0 Å². The molecule has 1 aliphatic carbocycles. The van der Waals surface area contributed by atoms with Crippen LogP contribution in [0.15, 0.2) is 24.3 Å². The summed E-state index contributed by atoms with van der Waals surface area (Å²) in [6.07, 6.45) is 5.18. The van der Waals surface area contributed by atoms with E-state index >= 15 is 0 Å². The molecule has 2 heteroatoms. The van der Waals surface area contributed by atoms with Crippen LogP contribution >= 0.6 is 0 Å². The van der Waals surface area contributed by atoms with E-state index in [1.54, 1.807) is 0 Å². The summed E-state index contributed by atoms with van der Waals surface area (Å²) in [7, 11) is 0. The lowest BCUT2D eigenvalue weighted by atomic mass is 9.87. The monoisotopic (exact) mass is 247 g/mol. The van der Waals surface area contributed by atoms with E-state index in [9.17, 15) is 5.11 Å². The Bertz CT molecular complexity index is 383. The first kappa shape index (κ1) is 13.4. The largest absolute Gasteiger partial charge is 0.371 e. The minimum atomic E-state index is -0.693. The van der Waals surface area contributed by atoms with Crippen molar-refractivity contribution < 1.29 is 5.11 Å². The van der Waals surface area contributed by atoms with Gasteiger partial charge in [-0.05, 0) is 48.8 Å². The van der Waals surface area contributed by atoms with Crippen LogP contribution in [0.4, 0.5) is 5.69 Å². The summed E-state index contributed by atoms with van der Waals surface area (Å²) >= 11 is 0. The van der Waals surface area contributed by atoms with Crippen LogP contribution in [0.1, 0.15) is 58.4 Å². The highest BCUT2D eigenvalue weighted by Gasteiger charge is 2.28. The van der Waals surface area contributed by atoms with Gasteiger partial charge in [-0.1, -0.05) is 39.3 Å². The number of rotatable bonds is 2. The molecule has 1 aliphatic rings. The van der Waals surface area contributed by atoms with E-state index < -0.39 is 5.72 Å². The second-order valence-electron chi connectivity index (χ2n) is 6.54. The van der Waals surface area contributed by atoms with Crippen LogP contribution < -0.4 is 5.32 Å². The van der Waals surface area contributed by atoms with Gasteiger partial charge in [0.15, 0.2) is 0 Å². The van der Waals surface area contributed by atoms with Gasteiger partial charge in [0.25, 0.3) is 0 Å². The average molecular weight is 247 g/mol. The Morgan fingerprint density at radius 1 is 1.00 bits per heavy atom. The third kappa shape index (κ3) is 3.26. The SMILES string of the molecule is CC(C)(C)c1ccc(NC2(O)CCCCC2)cc1. The van der Waals surface area contributed by atoms with Crippen molar-refractivity contribution in [2.75, 3.05) is 5.32 Å². The number of hydrogen-bond donors (Lipinski definition) is 2. The number of nitrogens with one attached hydrogen (secondary N) is 1. The fraction of sp³-hybridized carbons (Fsp3) is 0.625. The molecule has 0 bridgehead atoms. The van der Waals surface area contributed by atoms with Crippen LogP contribution in [0.3, 0.4) is 0 Å². The molecule has 18 heavy (non-hydrogen) atoms. The van der Waals surface area contributed by atoms with E-state index in [0.717, 1.165) is 31.4 Å². The molecule has 0 heterocycles. The van der Waals surface area contributed by atoms with Gasteiger partial charge in [0.05, 0.1) is 0 Å². The normalized spacial score (nSPS) is 19.6. The van der Waals surface area contributed by atoms with Crippen LogP contribution in [0.2, 0.25) is 0 Å². The lowest BCUT2D eigenvalue weighted by Gasteiger charge is -2.34. The minimum absolute atomic E-state index is 0.181. The van der Waals surface area contributed by atoms with Gasteiger partial charge in [0, 0.05) is 5.69 Å². The van der Waals surface area contributed by atoms with Crippen LogP contribution in [-0.4, -0.2) is 10.8 Å². The third-order valence-corrected chi connectivity index (χ3v) is 3.81. The third-order valence-electron chi connectivity index (χ3n) is 3.81. The number of benzene rings is 1. The van der Waals surface area contributed by atoms with Gasteiger partial charge in [0.2, 0.25) is 0 Å². The standard InChI is InChI=1S/C16H25NO/c1-15(2,3)13-7-9-14(10-8-13)17-16(18)11-5-4-6-12-16/h7-10,17-18H,4-6,11-12H2,1-3H3. The minimum Gasteiger partial charge on any atom is -0.371 e. The van der Waals surface area contributed by atoms with Gasteiger partial charge in [-0.25, -0.2) is 0 Å². The van der Waals surface area contributed by atoms with Gasteiger partial charge in [0.1, 0.15) is 5.72 Å². The Morgan fingerprint density at radius 2 is 1.56 bits per heavy atom. The molecule has 0 unspecified atom stereocenters. The number of aliphatic hydroxyl groups is 1. The summed E-state index contributed by atoms with van der Waals surface area (Å²) in [5, 5.41) is 13.7. The highest BCUT2D eigenvalue weighted by Crippen LogP contribution is 2.30. The summed E-state index contributed by atoms with van der Waals surface area (Å²) < 4.78 is 0. The van der Waals surface area contributed by atoms with Crippen molar-refractivity contribution in [1.29, 1.82) is 0 Å². The molecule has 1 aromatic carbocycles. The lowest BCUT2D eigenvalue weighted by molar-refractivity contribution is 0.0317. The predicted octanol–water partition coefficient (Wildman–Crippen LogP) is 4.05. The van der Waals surface area contributed by atoms with Crippen molar-refractivity contribution >= 4 is 5.69 Å². The predicted molar refractivity (Wildman–Crippen MR) is 76.8 cm³/mol. The molecule has 1 saturated carbocycles. The molecule has 0 amide bonds. The smallest absolute Gasteiger partial charge is 0.135 e. The molecule has 0 aliphatic heterocycles. The van der Waals surface area contributed by atoms with E-state index in [1.807, 2.05) is 0 Å². The summed E-state index contributed by atoms with van der Waals surface area (Å²) in [5.41, 5.74) is 1.83. The van der Waals surface area contributed by atoms with Crippen LogP contribution in [-0.2, 0) is 5.41 Å². The molecule has 2 nitrogen and oxygen atoms in total. The molecule has 0 saturated heterocycles. The first-order valence-electron chi connectivity index (χ1n) is 7.00. The molecular weight excluding hydrogens is 222 g/mol. The van der Waals surface area contributed by atoms with Crippen molar-refractivity contribution in [3.63, 3.8) is 0 Å². The average Bonchev–Trinajstić information content (AvgIpc) is 2.29. The first-order valence-corrected chi connectivity index (χ1v) is 7.00.